The van der Waals surface area contributed by atoms with E-state index in [2.05, 4.69) is 6.07 Å². The van der Waals surface area contributed by atoms with Gasteiger partial charge in [-0.25, -0.2) is 0 Å². The Bertz CT molecular complexity index is 647. The summed E-state index contributed by atoms with van der Waals surface area (Å²) in [5.41, 5.74) is 9.47. The van der Waals surface area contributed by atoms with Crippen molar-refractivity contribution >= 4 is 29.1 Å². The molecule has 19 heavy (non-hydrogen) atoms. The molecule has 2 nitrogen and oxygen atoms in total. The number of nitrogen functional groups attached to an aromatic ring is 1. The van der Waals surface area contributed by atoms with Crippen LogP contribution in [0.25, 0.3) is 0 Å². The smallest absolute Gasteiger partial charge is 0.0991 e. The fraction of sp³-hybridized carbons (Fsp3) is 0.133. The van der Waals surface area contributed by atoms with Gasteiger partial charge in [0.25, 0.3) is 0 Å². The number of benzene rings is 2. The van der Waals surface area contributed by atoms with Gasteiger partial charge in [-0.05, 0) is 48.4 Å². The van der Waals surface area contributed by atoms with Crippen LogP contribution in [0.2, 0.25) is 5.02 Å². The second kappa shape index (κ2) is 6.01. The van der Waals surface area contributed by atoms with E-state index < -0.39 is 0 Å². The third-order valence-corrected chi connectivity index (χ3v) is 4.36. The molecule has 96 valence electrons. The average molecular weight is 289 g/mol. The highest BCUT2D eigenvalue weighted by atomic mass is 35.5. The largest absolute Gasteiger partial charge is 0.399 e. The van der Waals surface area contributed by atoms with Crippen molar-refractivity contribution in [2.75, 3.05) is 5.73 Å². The quantitative estimate of drug-likeness (QED) is 0.673. The molecule has 0 aromatic heterocycles. The molecule has 0 atom stereocenters. The van der Waals surface area contributed by atoms with Gasteiger partial charge in [0, 0.05) is 16.3 Å². The summed E-state index contributed by atoms with van der Waals surface area (Å²) in [6.45, 7) is 2.01. The number of hydrogen-bond acceptors (Lipinski definition) is 3. The van der Waals surface area contributed by atoms with Crippen molar-refractivity contribution in [2.24, 2.45) is 0 Å². The Kier molecular flexibility index (Phi) is 4.36. The molecule has 0 fully saturated rings. The first-order valence-corrected chi connectivity index (χ1v) is 7.14. The van der Waals surface area contributed by atoms with Crippen molar-refractivity contribution in [1.29, 1.82) is 5.26 Å². The number of thioether (sulfide) groups is 1. The number of hydrogen-bond donors (Lipinski definition) is 1. The SMILES string of the molecule is Cc1cc(C#N)ccc1CSc1cc(N)ccc1Cl. The van der Waals surface area contributed by atoms with Gasteiger partial charge in [0.1, 0.15) is 0 Å². The van der Waals surface area contributed by atoms with Gasteiger partial charge in [-0.3, -0.25) is 0 Å². The minimum absolute atomic E-state index is 0.688. The molecule has 2 rings (SSSR count). The fourth-order valence-electron chi connectivity index (χ4n) is 1.71. The number of rotatable bonds is 3. The van der Waals surface area contributed by atoms with Crippen LogP contribution >= 0.6 is 23.4 Å². The second-order valence-electron chi connectivity index (χ2n) is 4.23. The average Bonchev–Trinajstić information content (AvgIpc) is 2.40. The van der Waals surface area contributed by atoms with Crippen LogP contribution < -0.4 is 5.73 Å². The van der Waals surface area contributed by atoms with Gasteiger partial charge < -0.3 is 5.73 Å². The number of anilines is 1. The zero-order valence-electron chi connectivity index (χ0n) is 10.5. The Morgan fingerprint density at radius 3 is 2.74 bits per heavy atom. The maximum Gasteiger partial charge on any atom is 0.0991 e. The van der Waals surface area contributed by atoms with Crippen molar-refractivity contribution in [3.8, 4) is 6.07 Å². The van der Waals surface area contributed by atoms with E-state index in [-0.39, 0.29) is 0 Å². The maximum absolute atomic E-state index is 8.84. The molecule has 0 bridgehead atoms. The van der Waals surface area contributed by atoms with E-state index in [9.17, 15) is 0 Å². The van der Waals surface area contributed by atoms with Gasteiger partial charge >= 0.3 is 0 Å². The Morgan fingerprint density at radius 1 is 1.26 bits per heavy atom. The highest BCUT2D eigenvalue weighted by Crippen LogP contribution is 2.32. The molecule has 2 aromatic carbocycles. The van der Waals surface area contributed by atoms with Crippen LogP contribution in [0.3, 0.4) is 0 Å². The lowest BCUT2D eigenvalue weighted by atomic mass is 10.1. The molecule has 0 radical (unpaired) electrons. The summed E-state index contributed by atoms with van der Waals surface area (Å²) in [5.74, 6) is 0.806. The van der Waals surface area contributed by atoms with E-state index in [1.54, 1.807) is 17.8 Å². The first kappa shape index (κ1) is 13.8. The topological polar surface area (TPSA) is 49.8 Å². The highest BCUT2D eigenvalue weighted by Gasteiger charge is 2.05. The first-order valence-electron chi connectivity index (χ1n) is 5.77. The van der Waals surface area contributed by atoms with Gasteiger partial charge in [-0.2, -0.15) is 5.26 Å². The van der Waals surface area contributed by atoms with Crippen LogP contribution in [0.5, 0.6) is 0 Å². The standard InChI is InChI=1S/C15H13ClN2S/c1-10-6-11(8-17)2-3-12(10)9-19-15-7-13(18)4-5-14(15)16/h2-7H,9,18H2,1H3. The highest BCUT2D eigenvalue weighted by molar-refractivity contribution is 7.98. The number of nitrogens with zero attached hydrogens (tertiary/aromatic N) is 1. The fourth-order valence-corrected chi connectivity index (χ4v) is 3.05. The molecule has 0 aliphatic rings. The number of nitriles is 1. The van der Waals surface area contributed by atoms with Gasteiger partial charge in [0.15, 0.2) is 0 Å². The Labute approximate surface area is 122 Å². The normalized spacial score (nSPS) is 10.2. The summed E-state index contributed by atoms with van der Waals surface area (Å²) < 4.78 is 0. The molecule has 0 spiro atoms. The molecular formula is C15H13ClN2S. The minimum atomic E-state index is 0.688. The van der Waals surface area contributed by atoms with E-state index in [0.29, 0.717) is 16.3 Å². The molecule has 0 saturated heterocycles. The maximum atomic E-state index is 8.84. The molecule has 0 aliphatic heterocycles. The Morgan fingerprint density at radius 2 is 2.05 bits per heavy atom. The molecule has 2 N–H and O–H groups in total. The zero-order valence-corrected chi connectivity index (χ0v) is 12.1. The number of halogens is 1. The lowest BCUT2D eigenvalue weighted by molar-refractivity contribution is 1.29. The molecule has 2 aromatic rings. The summed E-state index contributed by atoms with van der Waals surface area (Å²) in [4.78, 5) is 0.977. The predicted octanol–water partition coefficient (Wildman–Crippen LogP) is 4.39. The Hall–Kier alpha value is -1.63. The van der Waals surface area contributed by atoms with E-state index >= 15 is 0 Å². The predicted molar refractivity (Wildman–Crippen MR) is 81.3 cm³/mol. The van der Waals surface area contributed by atoms with Crippen LogP contribution in [0.1, 0.15) is 16.7 Å². The summed E-state index contributed by atoms with van der Waals surface area (Å²) in [6, 6.07) is 13.3. The van der Waals surface area contributed by atoms with Crippen LogP contribution in [0, 0.1) is 18.3 Å². The monoisotopic (exact) mass is 288 g/mol. The van der Waals surface area contributed by atoms with Crippen molar-refractivity contribution in [1.82, 2.24) is 0 Å². The van der Waals surface area contributed by atoms with Gasteiger partial charge in [0.2, 0.25) is 0 Å². The summed E-state index contributed by atoms with van der Waals surface area (Å²) in [6.07, 6.45) is 0. The van der Waals surface area contributed by atoms with E-state index in [0.717, 1.165) is 16.2 Å². The summed E-state index contributed by atoms with van der Waals surface area (Å²) >= 11 is 7.78. The van der Waals surface area contributed by atoms with Crippen LogP contribution in [0.15, 0.2) is 41.3 Å². The van der Waals surface area contributed by atoms with Crippen molar-refractivity contribution < 1.29 is 0 Å². The van der Waals surface area contributed by atoms with Crippen molar-refractivity contribution in [3.63, 3.8) is 0 Å². The molecule has 0 amide bonds. The summed E-state index contributed by atoms with van der Waals surface area (Å²) in [7, 11) is 0. The van der Waals surface area contributed by atoms with Gasteiger partial charge in [-0.15, -0.1) is 11.8 Å². The van der Waals surface area contributed by atoms with Crippen LogP contribution in [-0.2, 0) is 5.75 Å². The molecule has 0 heterocycles. The molecule has 4 heteroatoms. The minimum Gasteiger partial charge on any atom is -0.399 e. The lowest BCUT2D eigenvalue weighted by Gasteiger charge is -2.08. The van der Waals surface area contributed by atoms with E-state index in [4.69, 9.17) is 22.6 Å². The third-order valence-electron chi connectivity index (χ3n) is 2.81. The third kappa shape index (κ3) is 3.44. The van der Waals surface area contributed by atoms with Crippen LogP contribution in [0.4, 0.5) is 5.69 Å². The first-order chi connectivity index (χ1) is 9.10. The van der Waals surface area contributed by atoms with Crippen molar-refractivity contribution in [3.05, 3.63) is 58.1 Å². The van der Waals surface area contributed by atoms with E-state index in [1.165, 1.54) is 5.56 Å². The Balaban J connectivity index is 2.15. The lowest BCUT2D eigenvalue weighted by Crippen LogP contribution is -1.89. The van der Waals surface area contributed by atoms with Crippen molar-refractivity contribution in [2.45, 2.75) is 17.6 Å². The molecular weight excluding hydrogens is 276 g/mol. The van der Waals surface area contributed by atoms with Gasteiger partial charge in [-0.1, -0.05) is 17.7 Å². The zero-order chi connectivity index (χ0) is 13.8. The molecule has 0 unspecified atom stereocenters. The second-order valence-corrected chi connectivity index (χ2v) is 5.66. The summed E-state index contributed by atoms with van der Waals surface area (Å²) in [5, 5.41) is 9.55. The van der Waals surface area contributed by atoms with E-state index in [1.807, 2.05) is 37.3 Å². The van der Waals surface area contributed by atoms with Gasteiger partial charge in [0.05, 0.1) is 16.7 Å². The van der Waals surface area contributed by atoms with Crippen LogP contribution in [-0.4, -0.2) is 0 Å². The molecule has 0 saturated carbocycles. The number of nitrogens with two attached hydrogens (primary N) is 1. The molecule has 0 aliphatic carbocycles. The number of aryl methyl sites for hydroxylation is 1.